The Bertz CT molecular complexity index is 606. The molecule has 0 unspecified atom stereocenters. The summed E-state index contributed by atoms with van der Waals surface area (Å²) < 4.78 is 33.7. The predicted molar refractivity (Wildman–Crippen MR) is 65.2 cm³/mol. The summed E-state index contributed by atoms with van der Waals surface area (Å²) >= 11 is 2.82. The minimum absolute atomic E-state index is 0.249. The van der Waals surface area contributed by atoms with Crippen molar-refractivity contribution in [1.82, 2.24) is 4.31 Å². The Morgan fingerprint density at radius 1 is 1.53 bits per heavy atom. The molecule has 1 aromatic heterocycles. The Morgan fingerprint density at radius 3 is 2.53 bits per heavy atom. The van der Waals surface area contributed by atoms with Crippen molar-refractivity contribution in [2.24, 2.45) is 0 Å². The van der Waals surface area contributed by atoms with Crippen molar-refractivity contribution in [1.29, 1.82) is 0 Å². The van der Waals surface area contributed by atoms with Gasteiger partial charge in [0.2, 0.25) is 15.8 Å². The fourth-order valence-corrected chi connectivity index (χ4v) is 3.15. The quantitative estimate of drug-likeness (QED) is 0.766. The molecule has 0 spiro atoms. The van der Waals surface area contributed by atoms with E-state index in [4.69, 9.17) is 9.52 Å². The lowest BCUT2D eigenvalue weighted by molar-refractivity contribution is -0.140. The first-order chi connectivity index (χ1) is 8.70. The van der Waals surface area contributed by atoms with Gasteiger partial charge in [0.1, 0.15) is 11.4 Å². The van der Waals surface area contributed by atoms with Crippen molar-refractivity contribution in [3.63, 3.8) is 0 Å². The third-order valence-electron chi connectivity index (χ3n) is 2.13. The Kier molecular flexibility index (Phi) is 4.71. The number of halogens is 1. The Balaban J connectivity index is 3.13. The van der Waals surface area contributed by atoms with Crippen molar-refractivity contribution in [3.05, 3.63) is 16.5 Å². The van der Waals surface area contributed by atoms with Crippen molar-refractivity contribution in [2.45, 2.75) is 4.90 Å². The standard InChI is InChI=1S/C9H10BrNO7S/c1-11(4-7(12)17-2)19(15,16)6-3-5(9(13)14)18-8(6)10/h3H,4H2,1-2H3,(H,13,14). The van der Waals surface area contributed by atoms with Crippen LogP contribution in [-0.4, -0.2) is 50.5 Å². The number of rotatable bonds is 5. The third-order valence-corrected chi connectivity index (χ3v) is 4.79. The lowest BCUT2D eigenvalue weighted by atomic mass is 10.5. The van der Waals surface area contributed by atoms with Crippen molar-refractivity contribution < 1.29 is 32.3 Å². The highest BCUT2D eigenvalue weighted by atomic mass is 79.9. The molecule has 0 aliphatic heterocycles. The highest BCUT2D eigenvalue weighted by molar-refractivity contribution is 9.10. The molecule has 1 N–H and O–H groups in total. The maximum absolute atomic E-state index is 12.1. The zero-order chi connectivity index (χ0) is 14.8. The van der Waals surface area contributed by atoms with Crippen LogP contribution >= 0.6 is 15.9 Å². The molecule has 0 aliphatic rings. The zero-order valence-electron chi connectivity index (χ0n) is 9.91. The zero-order valence-corrected chi connectivity index (χ0v) is 12.3. The number of carboxylic acids is 1. The topological polar surface area (TPSA) is 114 Å². The molecule has 10 heteroatoms. The molecule has 0 aliphatic carbocycles. The second kappa shape index (κ2) is 5.72. The summed E-state index contributed by atoms with van der Waals surface area (Å²) in [4.78, 5) is 21.4. The van der Waals surface area contributed by atoms with Gasteiger partial charge in [-0.1, -0.05) is 0 Å². The van der Waals surface area contributed by atoms with Gasteiger partial charge >= 0.3 is 11.9 Å². The van der Waals surface area contributed by atoms with E-state index >= 15 is 0 Å². The van der Waals surface area contributed by atoms with E-state index in [0.717, 1.165) is 24.5 Å². The highest BCUT2D eigenvalue weighted by Gasteiger charge is 2.29. The fraction of sp³-hybridized carbons (Fsp3) is 0.333. The summed E-state index contributed by atoms with van der Waals surface area (Å²) in [5, 5.41) is 8.71. The average Bonchev–Trinajstić information content (AvgIpc) is 2.71. The summed E-state index contributed by atoms with van der Waals surface area (Å²) in [6.07, 6.45) is 0. The largest absolute Gasteiger partial charge is 0.475 e. The molecule has 0 aromatic carbocycles. The van der Waals surface area contributed by atoms with Gasteiger partial charge in [-0.15, -0.1) is 0 Å². The molecule has 106 valence electrons. The molecule has 0 fully saturated rings. The van der Waals surface area contributed by atoms with Crippen LogP contribution in [0.4, 0.5) is 0 Å². The molecular formula is C9H10BrNO7S. The number of likely N-dealkylation sites (N-methyl/N-ethyl adjacent to an activating group) is 1. The van der Waals surface area contributed by atoms with Crippen LogP contribution in [0.25, 0.3) is 0 Å². The lowest BCUT2D eigenvalue weighted by Gasteiger charge is -2.14. The van der Waals surface area contributed by atoms with Crippen LogP contribution in [0.5, 0.6) is 0 Å². The normalized spacial score (nSPS) is 11.6. The van der Waals surface area contributed by atoms with E-state index in [-0.39, 0.29) is 9.56 Å². The van der Waals surface area contributed by atoms with Gasteiger partial charge in [-0.25, -0.2) is 13.2 Å². The minimum atomic E-state index is -4.06. The Morgan fingerprint density at radius 2 is 2.11 bits per heavy atom. The number of sulfonamides is 1. The second-order valence-corrected chi connectivity index (χ2v) is 6.12. The Labute approximate surface area is 117 Å². The lowest BCUT2D eigenvalue weighted by Crippen LogP contribution is -2.32. The van der Waals surface area contributed by atoms with Gasteiger partial charge in [-0.05, 0) is 15.9 Å². The highest BCUT2D eigenvalue weighted by Crippen LogP contribution is 2.28. The van der Waals surface area contributed by atoms with E-state index in [1.54, 1.807) is 0 Å². The fourth-order valence-electron chi connectivity index (χ4n) is 1.13. The molecular weight excluding hydrogens is 346 g/mol. The molecule has 0 atom stereocenters. The van der Waals surface area contributed by atoms with Gasteiger partial charge in [0.15, 0.2) is 4.67 Å². The van der Waals surface area contributed by atoms with E-state index in [1.165, 1.54) is 0 Å². The van der Waals surface area contributed by atoms with Crippen LogP contribution in [0.2, 0.25) is 0 Å². The number of hydrogen-bond acceptors (Lipinski definition) is 6. The van der Waals surface area contributed by atoms with E-state index in [1.807, 2.05) is 0 Å². The van der Waals surface area contributed by atoms with Crippen LogP contribution in [-0.2, 0) is 19.6 Å². The van der Waals surface area contributed by atoms with Crippen LogP contribution < -0.4 is 0 Å². The van der Waals surface area contributed by atoms with Gasteiger partial charge in [0, 0.05) is 13.1 Å². The van der Waals surface area contributed by atoms with Crippen molar-refractivity contribution >= 4 is 37.9 Å². The SMILES string of the molecule is COC(=O)CN(C)S(=O)(=O)c1cc(C(=O)O)oc1Br. The van der Waals surface area contributed by atoms with Crippen LogP contribution in [0.3, 0.4) is 0 Å². The van der Waals surface area contributed by atoms with Crippen LogP contribution in [0, 0.1) is 0 Å². The average molecular weight is 356 g/mol. The number of aromatic carboxylic acids is 1. The van der Waals surface area contributed by atoms with E-state index < -0.39 is 34.3 Å². The molecule has 0 amide bonds. The van der Waals surface area contributed by atoms with Gasteiger partial charge in [-0.2, -0.15) is 4.31 Å². The molecule has 8 nitrogen and oxygen atoms in total. The number of carboxylic acid groups (broad SMARTS) is 1. The summed E-state index contributed by atoms with van der Waals surface area (Å²) in [6.45, 7) is -0.501. The molecule has 0 radical (unpaired) electrons. The minimum Gasteiger partial charge on any atom is -0.475 e. The van der Waals surface area contributed by atoms with E-state index in [0.29, 0.717) is 0 Å². The number of furan rings is 1. The van der Waals surface area contributed by atoms with Gasteiger partial charge in [0.25, 0.3) is 0 Å². The number of methoxy groups -OCH3 is 1. The number of esters is 1. The van der Waals surface area contributed by atoms with Crippen molar-refractivity contribution in [2.75, 3.05) is 20.7 Å². The van der Waals surface area contributed by atoms with E-state index in [9.17, 15) is 18.0 Å². The maximum Gasteiger partial charge on any atom is 0.371 e. The predicted octanol–water partition coefficient (Wildman–Crippen LogP) is 0.534. The number of ether oxygens (including phenoxy) is 1. The Hall–Kier alpha value is -1.39. The van der Waals surface area contributed by atoms with Crippen LogP contribution in [0.15, 0.2) is 20.0 Å². The van der Waals surface area contributed by atoms with Gasteiger partial charge in [0.05, 0.1) is 7.11 Å². The smallest absolute Gasteiger partial charge is 0.371 e. The molecule has 1 rings (SSSR count). The first-order valence-electron chi connectivity index (χ1n) is 4.76. The second-order valence-electron chi connectivity index (χ2n) is 3.39. The number of hydrogen-bond donors (Lipinski definition) is 1. The number of carbonyl (C=O) groups excluding carboxylic acids is 1. The molecule has 19 heavy (non-hydrogen) atoms. The number of carbonyl (C=O) groups is 2. The molecule has 0 saturated carbocycles. The monoisotopic (exact) mass is 355 g/mol. The summed E-state index contributed by atoms with van der Waals surface area (Å²) in [5.74, 6) is -2.68. The van der Waals surface area contributed by atoms with Gasteiger partial charge < -0.3 is 14.3 Å². The van der Waals surface area contributed by atoms with Crippen molar-refractivity contribution in [3.8, 4) is 0 Å². The van der Waals surface area contributed by atoms with E-state index in [2.05, 4.69) is 20.7 Å². The first kappa shape index (κ1) is 15.7. The summed E-state index contributed by atoms with van der Waals surface area (Å²) in [7, 11) is -1.78. The summed E-state index contributed by atoms with van der Waals surface area (Å²) in [6, 6.07) is 0.857. The molecule has 1 heterocycles. The van der Waals surface area contributed by atoms with Gasteiger partial charge in [-0.3, -0.25) is 4.79 Å². The summed E-state index contributed by atoms with van der Waals surface area (Å²) in [5.41, 5.74) is 0. The maximum atomic E-state index is 12.1. The molecule has 0 saturated heterocycles. The molecule has 0 bridgehead atoms. The third kappa shape index (κ3) is 3.33. The molecule has 1 aromatic rings. The number of nitrogens with zero attached hydrogens (tertiary/aromatic N) is 1. The first-order valence-corrected chi connectivity index (χ1v) is 6.99. The van der Waals surface area contributed by atoms with Crippen LogP contribution in [0.1, 0.15) is 10.6 Å².